The lowest BCUT2D eigenvalue weighted by Crippen LogP contribution is -2.45. The van der Waals surface area contributed by atoms with Crippen LogP contribution >= 0.6 is 0 Å². The summed E-state index contributed by atoms with van der Waals surface area (Å²) in [5, 5.41) is 12.2. The summed E-state index contributed by atoms with van der Waals surface area (Å²) >= 11 is 0. The standard InChI is InChI=1S/C15H21N3/c1-13(7-10-16)17-14-8-11-18(12-9-14)15-5-3-2-4-6-15/h2-6,13-14,17H,7-9,11-12H2,1H3/t13-/m0/s1. The average molecular weight is 243 g/mol. The quantitative estimate of drug-likeness (QED) is 0.883. The Hall–Kier alpha value is -1.53. The van der Waals surface area contributed by atoms with Crippen molar-refractivity contribution in [1.29, 1.82) is 5.26 Å². The Morgan fingerprint density at radius 3 is 2.61 bits per heavy atom. The van der Waals surface area contributed by atoms with E-state index in [-0.39, 0.29) is 0 Å². The van der Waals surface area contributed by atoms with Crippen molar-refractivity contribution in [3.05, 3.63) is 30.3 Å². The summed E-state index contributed by atoms with van der Waals surface area (Å²) in [6.45, 7) is 4.29. The van der Waals surface area contributed by atoms with Gasteiger partial charge in [0.15, 0.2) is 0 Å². The number of hydrogen-bond donors (Lipinski definition) is 1. The van der Waals surface area contributed by atoms with Crippen LogP contribution in [-0.2, 0) is 0 Å². The predicted molar refractivity (Wildman–Crippen MR) is 74.5 cm³/mol. The first-order chi connectivity index (χ1) is 8.79. The van der Waals surface area contributed by atoms with E-state index < -0.39 is 0 Å². The number of piperidine rings is 1. The van der Waals surface area contributed by atoms with Crippen molar-refractivity contribution in [2.24, 2.45) is 0 Å². The van der Waals surface area contributed by atoms with Crippen LogP contribution < -0.4 is 10.2 Å². The first kappa shape index (κ1) is 12.9. The summed E-state index contributed by atoms with van der Waals surface area (Å²) in [6.07, 6.45) is 2.91. The second-order valence-electron chi connectivity index (χ2n) is 5.03. The molecule has 1 saturated heterocycles. The molecule has 0 spiro atoms. The average Bonchev–Trinajstić information content (AvgIpc) is 2.41. The highest BCUT2D eigenvalue weighted by Crippen LogP contribution is 2.19. The molecule has 1 fully saturated rings. The lowest BCUT2D eigenvalue weighted by Gasteiger charge is -2.35. The van der Waals surface area contributed by atoms with Crippen LogP contribution in [-0.4, -0.2) is 25.2 Å². The van der Waals surface area contributed by atoms with Gasteiger partial charge in [-0.3, -0.25) is 0 Å². The molecule has 1 aliphatic heterocycles. The molecular weight excluding hydrogens is 222 g/mol. The molecule has 0 radical (unpaired) electrons. The number of rotatable bonds is 4. The molecule has 0 bridgehead atoms. The molecule has 0 aromatic heterocycles. The maximum Gasteiger partial charge on any atom is 0.0638 e. The molecular formula is C15H21N3. The fourth-order valence-electron chi connectivity index (χ4n) is 2.54. The van der Waals surface area contributed by atoms with Gasteiger partial charge in [-0.1, -0.05) is 18.2 Å². The molecule has 0 saturated carbocycles. The van der Waals surface area contributed by atoms with Crippen molar-refractivity contribution < 1.29 is 0 Å². The molecule has 1 aromatic rings. The van der Waals surface area contributed by atoms with Crippen LogP contribution in [0.1, 0.15) is 26.2 Å². The molecule has 0 aliphatic carbocycles. The Morgan fingerprint density at radius 1 is 1.33 bits per heavy atom. The number of nitriles is 1. The fourth-order valence-corrected chi connectivity index (χ4v) is 2.54. The lowest BCUT2D eigenvalue weighted by atomic mass is 10.0. The molecule has 1 heterocycles. The Labute approximate surface area is 109 Å². The van der Waals surface area contributed by atoms with Gasteiger partial charge in [0, 0.05) is 30.9 Å². The summed E-state index contributed by atoms with van der Waals surface area (Å²) in [5.74, 6) is 0. The first-order valence-corrected chi connectivity index (χ1v) is 6.72. The Morgan fingerprint density at radius 2 is 2.00 bits per heavy atom. The Bertz CT molecular complexity index is 388. The minimum Gasteiger partial charge on any atom is -0.371 e. The van der Waals surface area contributed by atoms with Gasteiger partial charge in [0.05, 0.1) is 12.5 Å². The van der Waals surface area contributed by atoms with E-state index in [1.54, 1.807) is 0 Å². The minimum atomic E-state index is 0.309. The van der Waals surface area contributed by atoms with Crippen LogP contribution in [0, 0.1) is 11.3 Å². The Kier molecular flexibility index (Phi) is 4.60. The first-order valence-electron chi connectivity index (χ1n) is 6.72. The summed E-state index contributed by atoms with van der Waals surface area (Å²) < 4.78 is 0. The van der Waals surface area contributed by atoms with Gasteiger partial charge in [0.25, 0.3) is 0 Å². The third kappa shape index (κ3) is 3.48. The van der Waals surface area contributed by atoms with Crippen molar-refractivity contribution in [2.75, 3.05) is 18.0 Å². The molecule has 1 aliphatic rings. The molecule has 3 nitrogen and oxygen atoms in total. The second-order valence-corrected chi connectivity index (χ2v) is 5.03. The van der Waals surface area contributed by atoms with Gasteiger partial charge in [-0.25, -0.2) is 0 Å². The van der Waals surface area contributed by atoms with Gasteiger partial charge in [0.1, 0.15) is 0 Å². The number of hydrogen-bond acceptors (Lipinski definition) is 3. The van der Waals surface area contributed by atoms with Crippen LogP contribution in [0.2, 0.25) is 0 Å². The zero-order valence-electron chi connectivity index (χ0n) is 11.0. The van der Waals surface area contributed by atoms with Crippen molar-refractivity contribution in [3.63, 3.8) is 0 Å². The van der Waals surface area contributed by atoms with Crippen molar-refractivity contribution in [3.8, 4) is 6.07 Å². The van der Waals surface area contributed by atoms with Gasteiger partial charge in [0.2, 0.25) is 0 Å². The highest BCUT2D eigenvalue weighted by Gasteiger charge is 2.20. The summed E-state index contributed by atoms with van der Waals surface area (Å²) in [7, 11) is 0. The summed E-state index contributed by atoms with van der Waals surface area (Å²) in [6, 6.07) is 13.7. The van der Waals surface area contributed by atoms with E-state index in [9.17, 15) is 0 Å². The molecule has 1 N–H and O–H groups in total. The monoisotopic (exact) mass is 243 g/mol. The van der Waals surface area contributed by atoms with Gasteiger partial charge in [-0.05, 0) is 31.9 Å². The molecule has 96 valence electrons. The Balaban J connectivity index is 1.80. The van der Waals surface area contributed by atoms with Crippen molar-refractivity contribution >= 4 is 5.69 Å². The molecule has 3 heteroatoms. The number of nitrogens with zero attached hydrogens (tertiary/aromatic N) is 2. The van der Waals surface area contributed by atoms with Crippen molar-refractivity contribution in [2.45, 2.75) is 38.3 Å². The maximum absolute atomic E-state index is 8.66. The number of anilines is 1. The number of benzene rings is 1. The smallest absolute Gasteiger partial charge is 0.0638 e. The van der Waals surface area contributed by atoms with E-state index in [1.165, 1.54) is 5.69 Å². The third-order valence-electron chi connectivity index (χ3n) is 3.53. The van der Waals surface area contributed by atoms with Crippen LogP contribution in [0.15, 0.2) is 30.3 Å². The zero-order valence-corrected chi connectivity index (χ0v) is 11.0. The second kappa shape index (κ2) is 6.42. The molecule has 2 rings (SSSR count). The minimum absolute atomic E-state index is 0.309. The lowest BCUT2D eigenvalue weighted by molar-refractivity contribution is 0.378. The zero-order chi connectivity index (χ0) is 12.8. The molecule has 1 atom stereocenters. The van der Waals surface area contributed by atoms with Gasteiger partial charge in [-0.15, -0.1) is 0 Å². The van der Waals surface area contributed by atoms with Crippen LogP contribution in [0.25, 0.3) is 0 Å². The topological polar surface area (TPSA) is 39.1 Å². The molecule has 18 heavy (non-hydrogen) atoms. The third-order valence-corrected chi connectivity index (χ3v) is 3.53. The van der Waals surface area contributed by atoms with E-state index in [2.05, 4.69) is 53.5 Å². The number of para-hydroxylation sites is 1. The van der Waals surface area contributed by atoms with Crippen LogP contribution in [0.3, 0.4) is 0 Å². The largest absolute Gasteiger partial charge is 0.371 e. The van der Waals surface area contributed by atoms with Gasteiger partial charge in [-0.2, -0.15) is 5.26 Å². The van der Waals surface area contributed by atoms with E-state index in [0.717, 1.165) is 25.9 Å². The van der Waals surface area contributed by atoms with Crippen LogP contribution in [0.4, 0.5) is 5.69 Å². The summed E-state index contributed by atoms with van der Waals surface area (Å²) in [5.41, 5.74) is 1.32. The number of nitrogens with one attached hydrogen (secondary N) is 1. The fraction of sp³-hybridized carbons (Fsp3) is 0.533. The van der Waals surface area contributed by atoms with E-state index in [1.807, 2.05) is 0 Å². The van der Waals surface area contributed by atoms with E-state index >= 15 is 0 Å². The van der Waals surface area contributed by atoms with E-state index in [4.69, 9.17) is 5.26 Å². The normalized spacial score (nSPS) is 18.3. The predicted octanol–water partition coefficient (Wildman–Crippen LogP) is 2.55. The van der Waals surface area contributed by atoms with Crippen molar-refractivity contribution in [1.82, 2.24) is 5.32 Å². The molecule has 1 aromatic carbocycles. The highest BCUT2D eigenvalue weighted by atomic mass is 15.1. The summed E-state index contributed by atoms with van der Waals surface area (Å²) in [4.78, 5) is 2.44. The maximum atomic E-state index is 8.66. The van der Waals surface area contributed by atoms with Gasteiger partial charge < -0.3 is 10.2 Å². The molecule has 0 amide bonds. The molecule has 0 unspecified atom stereocenters. The van der Waals surface area contributed by atoms with Gasteiger partial charge >= 0.3 is 0 Å². The van der Waals surface area contributed by atoms with E-state index in [0.29, 0.717) is 18.5 Å². The SMILES string of the molecule is C[C@@H](CC#N)NC1CCN(c2ccccc2)CC1. The highest BCUT2D eigenvalue weighted by molar-refractivity contribution is 5.46. The van der Waals surface area contributed by atoms with Crippen LogP contribution in [0.5, 0.6) is 0 Å².